The van der Waals surface area contributed by atoms with Gasteiger partial charge in [0.15, 0.2) is 5.76 Å². The lowest BCUT2D eigenvalue weighted by atomic mass is 10.3. The fourth-order valence-corrected chi connectivity index (χ4v) is 2.96. The lowest BCUT2D eigenvalue weighted by Crippen LogP contribution is -2.26. The molecule has 0 unspecified atom stereocenters. The number of nitrogens with one attached hydrogen (secondary N) is 2. The van der Waals surface area contributed by atoms with Crippen LogP contribution in [0, 0.1) is 0 Å². The third-order valence-corrected chi connectivity index (χ3v) is 4.24. The van der Waals surface area contributed by atoms with Gasteiger partial charge in [0.2, 0.25) is 5.91 Å². The molecule has 2 aromatic heterocycles. The highest BCUT2D eigenvalue weighted by Crippen LogP contribution is 2.17. The summed E-state index contributed by atoms with van der Waals surface area (Å²) in [5, 5.41) is 5.65. The second-order valence-corrected chi connectivity index (χ2v) is 6.18. The number of aromatic nitrogens is 2. The van der Waals surface area contributed by atoms with Crippen molar-refractivity contribution >= 4 is 28.5 Å². The Kier molecular flexibility index (Phi) is 4.88. The fraction of sp³-hybridized carbons (Fsp3) is 0.0952. The molecule has 2 N–H and O–H groups in total. The normalized spacial score (nSPS) is 10.7. The van der Waals surface area contributed by atoms with Gasteiger partial charge in [0.1, 0.15) is 12.4 Å². The van der Waals surface area contributed by atoms with Crippen molar-refractivity contribution in [3.05, 3.63) is 84.6 Å². The lowest BCUT2D eigenvalue weighted by molar-refractivity contribution is -0.116. The number of hydrogen-bond acceptors (Lipinski definition) is 4. The predicted molar refractivity (Wildman–Crippen MR) is 105 cm³/mol. The average molecular weight is 374 g/mol. The summed E-state index contributed by atoms with van der Waals surface area (Å²) in [6.07, 6.45) is 1.44. The van der Waals surface area contributed by atoms with Crippen molar-refractivity contribution in [2.45, 2.75) is 13.1 Å². The average Bonchev–Trinajstić information content (AvgIpc) is 3.36. The molecule has 2 amide bonds. The van der Waals surface area contributed by atoms with Crippen molar-refractivity contribution in [1.82, 2.24) is 14.9 Å². The maximum absolute atomic E-state index is 12.5. The molecule has 0 aliphatic carbocycles. The minimum atomic E-state index is -0.336. The zero-order valence-electron chi connectivity index (χ0n) is 15.0. The molecule has 0 aliphatic rings. The van der Waals surface area contributed by atoms with Crippen LogP contribution in [-0.4, -0.2) is 21.4 Å². The predicted octanol–water partition coefficient (Wildman–Crippen LogP) is 3.20. The van der Waals surface area contributed by atoms with Crippen LogP contribution in [0.15, 0.2) is 77.4 Å². The van der Waals surface area contributed by atoms with Crippen LogP contribution in [0.2, 0.25) is 0 Å². The molecule has 7 heteroatoms. The molecule has 0 bridgehead atoms. The molecule has 7 nitrogen and oxygen atoms in total. The van der Waals surface area contributed by atoms with Gasteiger partial charge >= 0.3 is 0 Å². The fourth-order valence-electron chi connectivity index (χ4n) is 2.96. The molecular formula is C21H18N4O3. The third-order valence-electron chi connectivity index (χ3n) is 4.24. The number of fused-ring (bicyclic) bond motifs is 1. The molecule has 140 valence electrons. The number of rotatable bonds is 6. The molecule has 0 saturated heterocycles. The number of hydrogen-bond donors (Lipinski definition) is 2. The Morgan fingerprint density at radius 1 is 0.964 bits per heavy atom. The Balaban J connectivity index is 1.54. The van der Waals surface area contributed by atoms with E-state index in [1.165, 1.54) is 6.26 Å². The van der Waals surface area contributed by atoms with Crippen molar-refractivity contribution in [2.24, 2.45) is 0 Å². The zero-order chi connectivity index (χ0) is 19.3. The molecule has 0 aliphatic heterocycles. The highest BCUT2D eigenvalue weighted by molar-refractivity contribution is 5.92. The Labute approximate surface area is 161 Å². The van der Waals surface area contributed by atoms with Crippen molar-refractivity contribution in [2.75, 3.05) is 5.32 Å². The number of carbonyl (C=O) groups excluding carboxylic acids is 2. The van der Waals surface area contributed by atoms with E-state index >= 15 is 0 Å². The second-order valence-electron chi connectivity index (χ2n) is 6.18. The molecule has 0 atom stereocenters. The first-order valence-electron chi connectivity index (χ1n) is 8.81. The molecule has 0 fully saturated rings. The SMILES string of the molecule is O=C(Cn1c(CNC(=O)c2ccco2)nc2ccccc21)Nc1ccccc1. The van der Waals surface area contributed by atoms with E-state index in [-0.39, 0.29) is 30.7 Å². The van der Waals surface area contributed by atoms with Gasteiger partial charge in [-0.25, -0.2) is 4.98 Å². The minimum absolute atomic E-state index is 0.0847. The number of benzene rings is 2. The largest absolute Gasteiger partial charge is 0.459 e. The Morgan fingerprint density at radius 3 is 2.54 bits per heavy atom. The summed E-state index contributed by atoms with van der Waals surface area (Å²) >= 11 is 0. The van der Waals surface area contributed by atoms with Crippen LogP contribution in [0.25, 0.3) is 11.0 Å². The monoisotopic (exact) mass is 374 g/mol. The van der Waals surface area contributed by atoms with Gasteiger partial charge in [-0.3, -0.25) is 9.59 Å². The summed E-state index contributed by atoms with van der Waals surface area (Å²) in [6.45, 7) is 0.258. The molecule has 28 heavy (non-hydrogen) atoms. The highest BCUT2D eigenvalue weighted by Gasteiger charge is 2.15. The maximum atomic E-state index is 12.5. The van der Waals surface area contributed by atoms with Gasteiger partial charge in [-0.15, -0.1) is 0 Å². The number of amides is 2. The molecule has 0 spiro atoms. The zero-order valence-corrected chi connectivity index (χ0v) is 15.0. The van der Waals surface area contributed by atoms with E-state index in [1.54, 1.807) is 16.7 Å². The summed E-state index contributed by atoms with van der Waals surface area (Å²) in [7, 11) is 0. The number of anilines is 1. The minimum Gasteiger partial charge on any atom is -0.459 e. The van der Waals surface area contributed by atoms with E-state index < -0.39 is 0 Å². The van der Waals surface area contributed by atoms with Crippen molar-refractivity contribution in [1.29, 1.82) is 0 Å². The van der Waals surface area contributed by atoms with Gasteiger partial charge in [-0.2, -0.15) is 0 Å². The summed E-state index contributed by atoms with van der Waals surface area (Å²) in [5.41, 5.74) is 2.31. The topological polar surface area (TPSA) is 89.2 Å². The van der Waals surface area contributed by atoms with Crippen LogP contribution < -0.4 is 10.6 Å². The van der Waals surface area contributed by atoms with Crippen LogP contribution >= 0.6 is 0 Å². The van der Waals surface area contributed by atoms with E-state index in [0.29, 0.717) is 5.82 Å². The maximum Gasteiger partial charge on any atom is 0.287 e. The first-order chi connectivity index (χ1) is 13.7. The van der Waals surface area contributed by atoms with E-state index in [1.807, 2.05) is 54.6 Å². The Morgan fingerprint density at radius 2 is 1.75 bits per heavy atom. The van der Waals surface area contributed by atoms with E-state index in [0.717, 1.165) is 16.7 Å². The molecule has 2 aromatic carbocycles. The second kappa shape index (κ2) is 7.79. The first-order valence-corrected chi connectivity index (χ1v) is 8.81. The van der Waals surface area contributed by atoms with Gasteiger partial charge < -0.3 is 19.6 Å². The summed E-state index contributed by atoms with van der Waals surface area (Å²) in [5.74, 6) is 0.305. The molecule has 0 radical (unpaired) electrons. The van der Waals surface area contributed by atoms with Gasteiger partial charge in [0.05, 0.1) is 23.8 Å². The van der Waals surface area contributed by atoms with E-state index in [2.05, 4.69) is 15.6 Å². The van der Waals surface area contributed by atoms with Crippen LogP contribution in [-0.2, 0) is 17.9 Å². The third kappa shape index (κ3) is 3.78. The number of imidazole rings is 1. The van der Waals surface area contributed by atoms with Gasteiger partial charge in [-0.1, -0.05) is 30.3 Å². The number of carbonyl (C=O) groups is 2. The van der Waals surface area contributed by atoms with Crippen LogP contribution in [0.5, 0.6) is 0 Å². The van der Waals surface area contributed by atoms with Crippen molar-refractivity contribution < 1.29 is 14.0 Å². The van der Waals surface area contributed by atoms with Crippen LogP contribution in [0.1, 0.15) is 16.4 Å². The van der Waals surface area contributed by atoms with Gasteiger partial charge in [-0.05, 0) is 36.4 Å². The summed E-state index contributed by atoms with van der Waals surface area (Å²) < 4.78 is 6.90. The summed E-state index contributed by atoms with van der Waals surface area (Å²) in [6, 6.07) is 20.0. The number of nitrogens with zero attached hydrogens (tertiary/aromatic N) is 2. The van der Waals surface area contributed by atoms with Gasteiger partial charge in [0, 0.05) is 5.69 Å². The Hall–Kier alpha value is -3.87. The first kappa shape index (κ1) is 17.5. The quantitative estimate of drug-likeness (QED) is 0.542. The molecule has 2 heterocycles. The van der Waals surface area contributed by atoms with Crippen LogP contribution in [0.4, 0.5) is 5.69 Å². The van der Waals surface area contributed by atoms with Crippen molar-refractivity contribution in [3.8, 4) is 0 Å². The molecule has 0 saturated carbocycles. The Bertz CT molecular complexity index is 1100. The van der Waals surface area contributed by atoms with E-state index in [4.69, 9.17) is 4.42 Å². The number of para-hydroxylation sites is 3. The number of furan rings is 1. The molecule has 4 aromatic rings. The van der Waals surface area contributed by atoms with Gasteiger partial charge in [0.25, 0.3) is 5.91 Å². The highest BCUT2D eigenvalue weighted by atomic mass is 16.3. The standard InChI is InChI=1S/C21H18N4O3/c26-20(23-15-7-2-1-3-8-15)14-25-17-10-5-4-9-16(17)24-19(25)13-22-21(27)18-11-6-12-28-18/h1-12H,13-14H2,(H,22,27)(H,23,26). The lowest BCUT2D eigenvalue weighted by Gasteiger charge is -2.10. The van der Waals surface area contributed by atoms with E-state index in [9.17, 15) is 9.59 Å². The summed E-state index contributed by atoms with van der Waals surface area (Å²) in [4.78, 5) is 29.3. The smallest absolute Gasteiger partial charge is 0.287 e. The molecular weight excluding hydrogens is 356 g/mol. The van der Waals surface area contributed by atoms with Crippen molar-refractivity contribution in [3.63, 3.8) is 0 Å². The van der Waals surface area contributed by atoms with Crippen LogP contribution in [0.3, 0.4) is 0 Å². The molecule has 4 rings (SSSR count).